The van der Waals surface area contributed by atoms with E-state index in [0.29, 0.717) is 5.41 Å². The average Bonchev–Trinajstić information content (AvgIpc) is 3.12. The summed E-state index contributed by atoms with van der Waals surface area (Å²) < 4.78 is 1.25. The maximum atomic E-state index is 3.79. The molecule has 3 heteroatoms. The van der Waals surface area contributed by atoms with Gasteiger partial charge in [-0.1, -0.05) is 19.3 Å². The highest BCUT2D eigenvalue weighted by Gasteiger charge is 2.34. The third kappa shape index (κ3) is 3.37. The van der Waals surface area contributed by atoms with E-state index in [0.717, 1.165) is 6.04 Å². The largest absolute Gasteiger partial charge is 0.313 e. The van der Waals surface area contributed by atoms with E-state index in [1.54, 1.807) is 4.88 Å². The van der Waals surface area contributed by atoms with Crippen molar-refractivity contribution in [3.8, 4) is 0 Å². The first-order valence-electron chi connectivity index (χ1n) is 7.22. The first kappa shape index (κ1) is 13.1. The Morgan fingerprint density at radius 2 is 2.06 bits per heavy atom. The van der Waals surface area contributed by atoms with E-state index in [-0.39, 0.29) is 0 Å². The Kier molecular flexibility index (Phi) is 4.12. The van der Waals surface area contributed by atoms with E-state index >= 15 is 0 Å². The second-order valence-electron chi connectivity index (χ2n) is 6.12. The fraction of sp³-hybridized carbons (Fsp3) is 0.733. The summed E-state index contributed by atoms with van der Waals surface area (Å²) in [5.74, 6) is 0. The van der Waals surface area contributed by atoms with Crippen LogP contribution in [0, 0.1) is 5.41 Å². The smallest absolute Gasteiger partial charge is 0.0285 e. The van der Waals surface area contributed by atoms with E-state index in [1.807, 2.05) is 11.3 Å². The van der Waals surface area contributed by atoms with Crippen LogP contribution in [-0.4, -0.2) is 12.6 Å². The summed E-state index contributed by atoms with van der Waals surface area (Å²) in [6.07, 6.45) is 11.2. The van der Waals surface area contributed by atoms with Crippen LogP contribution in [0.2, 0.25) is 0 Å². The molecule has 18 heavy (non-hydrogen) atoms. The lowest BCUT2D eigenvalue weighted by atomic mass is 9.71. The summed E-state index contributed by atoms with van der Waals surface area (Å²) in [6, 6.07) is 3.16. The summed E-state index contributed by atoms with van der Waals surface area (Å²) >= 11 is 5.50. The van der Waals surface area contributed by atoms with Crippen molar-refractivity contribution in [1.82, 2.24) is 5.32 Å². The van der Waals surface area contributed by atoms with Crippen molar-refractivity contribution >= 4 is 27.3 Å². The minimum absolute atomic E-state index is 0.547. The molecule has 1 nitrogen and oxygen atoms in total. The van der Waals surface area contributed by atoms with E-state index in [9.17, 15) is 0 Å². The van der Waals surface area contributed by atoms with E-state index < -0.39 is 0 Å². The molecular weight excluding hydrogens is 306 g/mol. The van der Waals surface area contributed by atoms with Crippen LogP contribution in [0.15, 0.2) is 15.9 Å². The highest BCUT2D eigenvalue weighted by atomic mass is 79.9. The van der Waals surface area contributed by atoms with Gasteiger partial charge in [0.1, 0.15) is 0 Å². The van der Waals surface area contributed by atoms with Gasteiger partial charge < -0.3 is 5.32 Å². The molecule has 0 aliphatic heterocycles. The molecular formula is C15H22BrNS. The molecule has 1 aromatic heterocycles. The van der Waals surface area contributed by atoms with Crippen LogP contribution in [-0.2, 0) is 6.42 Å². The summed E-state index contributed by atoms with van der Waals surface area (Å²) in [4.78, 5) is 1.56. The van der Waals surface area contributed by atoms with Crippen LogP contribution in [0.5, 0.6) is 0 Å². The zero-order chi connectivity index (χ0) is 12.4. The van der Waals surface area contributed by atoms with Gasteiger partial charge in [-0.2, -0.15) is 0 Å². The predicted molar refractivity (Wildman–Crippen MR) is 82.3 cm³/mol. The van der Waals surface area contributed by atoms with Crippen LogP contribution in [0.4, 0.5) is 0 Å². The summed E-state index contributed by atoms with van der Waals surface area (Å²) in [6.45, 7) is 1.24. The SMILES string of the molecule is Brc1csc(CC2(CNC3CC3)CCCCC2)c1. The number of halogens is 1. The van der Waals surface area contributed by atoms with Gasteiger partial charge in [-0.25, -0.2) is 0 Å². The molecule has 0 bridgehead atoms. The molecule has 2 fully saturated rings. The topological polar surface area (TPSA) is 12.0 Å². The molecule has 3 rings (SSSR count). The van der Waals surface area contributed by atoms with Gasteiger partial charge in [-0.3, -0.25) is 0 Å². The van der Waals surface area contributed by atoms with Crippen molar-refractivity contribution in [3.63, 3.8) is 0 Å². The van der Waals surface area contributed by atoms with Gasteiger partial charge in [0.2, 0.25) is 0 Å². The lowest BCUT2D eigenvalue weighted by molar-refractivity contribution is 0.181. The summed E-state index contributed by atoms with van der Waals surface area (Å²) in [5, 5.41) is 6.01. The molecule has 100 valence electrons. The van der Waals surface area contributed by atoms with Crippen molar-refractivity contribution in [3.05, 3.63) is 20.8 Å². The first-order chi connectivity index (χ1) is 8.76. The third-order valence-electron chi connectivity index (χ3n) is 4.43. The fourth-order valence-electron chi connectivity index (χ4n) is 3.18. The highest BCUT2D eigenvalue weighted by Crippen LogP contribution is 2.40. The zero-order valence-electron chi connectivity index (χ0n) is 10.9. The molecule has 0 radical (unpaired) electrons. The zero-order valence-corrected chi connectivity index (χ0v) is 13.3. The lowest BCUT2D eigenvalue weighted by Crippen LogP contribution is -2.38. The molecule has 0 aromatic carbocycles. The minimum atomic E-state index is 0.547. The van der Waals surface area contributed by atoms with Crippen LogP contribution < -0.4 is 5.32 Å². The number of hydrogen-bond acceptors (Lipinski definition) is 2. The monoisotopic (exact) mass is 327 g/mol. The van der Waals surface area contributed by atoms with Gasteiger partial charge in [-0.15, -0.1) is 11.3 Å². The summed E-state index contributed by atoms with van der Waals surface area (Å²) in [7, 11) is 0. The molecule has 1 aromatic rings. The molecule has 1 N–H and O–H groups in total. The quantitative estimate of drug-likeness (QED) is 0.822. The maximum absolute atomic E-state index is 3.79. The van der Waals surface area contributed by atoms with Crippen molar-refractivity contribution in [2.45, 2.75) is 57.4 Å². The number of nitrogens with one attached hydrogen (secondary N) is 1. The molecule has 0 spiro atoms. The highest BCUT2D eigenvalue weighted by molar-refractivity contribution is 9.10. The number of rotatable bonds is 5. The molecule has 0 atom stereocenters. The Morgan fingerprint density at radius 3 is 2.67 bits per heavy atom. The standard InChI is InChI=1S/C15H22BrNS/c16-12-8-14(18-10-12)9-15(6-2-1-3-7-15)11-17-13-4-5-13/h8,10,13,17H,1-7,9,11H2. The summed E-state index contributed by atoms with van der Waals surface area (Å²) in [5.41, 5.74) is 0.547. The van der Waals surface area contributed by atoms with Crippen molar-refractivity contribution in [2.24, 2.45) is 5.41 Å². The van der Waals surface area contributed by atoms with Crippen LogP contribution in [0.1, 0.15) is 49.8 Å². The van der Waals surface area contributed by atoms with Crippen LogP contribution in [0.3, 0.4) is 0 Å². The van der Waals surface area contributed by atoms with E-state index in [2.05, 4.69) is 32.7 Å². The third-order valence-corrected chi connectivity index (χ3v) is 6.13. The second-order valence-corrected chi connectivity index (χ2v) is 8.04. The minimum Gasteiger partial charge on any atom is -0.313 e. The lowest BCUT2D eigenvalue weighted by Gasteiger charge is -2.37. The second kappa shape index (κ2) is 5.64. The number of hydrogen-bond donors (Lipinski definition) is 1. The Morgan fingerprint density at radius 1 is 1.28 bits per heavy atom. The maximum Gasteiger partial charge on any atom is 0.0285 e. The number of thiophene rings is 1. The fourth-order valence-corrected chi connectivity index (χ4v) is 4.81. The van der Waals surface area contributed by atoms with E-state index in [4.69, 9.17) is 0 Å². The van der Waals surface area contributed by atoms with Crippen LogP contribution in [0.25, 0.3) is 0 Å². The van der Waals surface area contributed by atoms with Gasteiger partial charge in [0.15, 0.2) is 0 Å². The van der Waals surface area contributed by atoms with Gasteiger partial charge >= 0.3 is 0 Å². The first-order valence-corrected chi connectivity index (χ1v) is 8.89. The average molecular weight is 328 g/mol. The molecule has 2 aliphatic carbocycles. The molecule has 0 unspecified atom stereocenters. The van der Waals surface area contributed by atoms with Crippen molar-refractivity contribution < 1.29 is 0 Å². The van der Waals surface area contributed by atoms with Gasteiger partial charge in [-0.05, 0) is 59.5 Å². The van der Waals surface area contributed by atoms with Gasteiger partial charge in [0.25, 0.3) is 0 Å². The normalized spacial score (nSPS) is 23.2. The Hall–Kier alpha value is 0.140. The van der Waals surface area contributed by atoms with Gasteiger partial charge in [0, 0.05) is 27.3 Å². The Bertz CT molecular complexity index is 391. The van der Waals surface area contributed by atoms with Crippen LogP contribution >= 0.6 is 27.3 Å². The molecule has 0 saturated heterocycles. The Labute approximate surface area is 122 Å². The predicted octanol–water partition coefficient (Wildman–Crippen LogP) is 4.76. The van der Waals surface area contributed by atoms with Crippen molar-refractivity contribution in [1.29, 1.82) is 0 Å². The Balaban J connectivity index is 1.66. The van der Waals surface area contributed by atoms with Crippen molar-refractivity contribution in [2.75, 3.05) is 6.54 Å². The van der Waals surface area contributed by atoms with E-state index in [1.165, 1.54) is 62.4 Å². The van der Waals surface area contributed by atoms with Gasteiger partial charge in [0.05, 0.1) is 0 Å². The molecule has 2 saturated carbocycles. The molecule has 2 aliphatic rings. The molecule has 0 amide bonds. The molecule has 1 heterocycles.